The molecule has 2 aliphatic heterocycles. The Bertz CT molecular complexity index is 734. The molecule has 2 fully saturated rings. The molecule has 0 radical (unpaired) electrons. The smallest absolute Gasteiger partial charge is 0.324 e. The predicted octanol–water partition coefficient (Wildman–Crippen LogP) is -0.422. The molecule has 1 atom stereocenters. The van der Waals surface area contributed by atoms with E-state index in [1.165, 1.54) is 12.0 Å². The second kappa shape index (κ2) is 7.42. The van der Waals surface area contributed by atoms with Crippen molar-refractivity contribution >= 4 is 23.8 Å². The lowest BCUT2D eigenvalue weighted by atomic mass is 10.2. The van der Waals surface area contributed by atoms with Crippen LogP contribution >= 0.6 is 0 Å². The van der Waals surface area contributed by atoms with Crippen LogP contribution in [-0.2, 0) is 9.59 Å². The number of hydrogen-bond donors (Lipinski definition) is 2. The normalized spacial score (nSPS) is 19.5. The number of nitrogens with zero attached hydrogens (tertiary/aromatic N) is 2. The molecule has 2 N–H and O–H groups in total. The molecule has 9 heteroatoms. The van der Waals surface area contributed by atoms with Crippen molar-refractivity contribution in [2.24, 2.45) is 0 Å². The summed E-state index contributed by atoms with van der Waals surface area (Å²) in [7, 11) is 1.51. The molecule has 0 aliphatic carbocycles. The molecule has 9 nitrogen and oxygen atoms in total. The summed E-state index contributed by atoms with van der Waals surface area (Å²) in [6.07, 6.45) is 0.536. The number of hydrogen-bond acceptors (Lipinski definition) is 5. The molecule has 2 saturated heterocycles. The zero-order valence-electron chi connectivity index (χ0n) is 14.4. The Morgan fingerprint density at radius 2 is 2.15 bits per heavy atom. The van der Waals surface area contributed by atoms with Gasteiger partial charge in [-0.1, -0.05) is 6.07 Å². The fourth-order valence-corrected chi connectivity index (χ4v) is 3.12. The van der Waals surface area contributed by atoms with Crippen LogP contribution in [0.15, 0.2) is 24.3 Å². The Kier molecular flexibility index (Phi) is 5.06. The summed E-state index contributed by atoms with van der Waals surface area (Å²) in [5.41, 5.74) is 0.399. The number of likely N-dealkylation sites (tertiary alicyclic amines) is 1. The van der Waals surface area contributed by atoms with E-state index < -0.39 is 6.03 Å². The predicted molar refractivity (Wildman–Crippen MR) is 90.6 cm³/mol. The number of amides is 5. The van der Waals surface area contributed by atoms with Crippen molar-refractivity contribution in [3.05, 3.63) is 29.8 Å². The summed E-state index contributed by atoms with van der Waals surface area (Å²) >= 11 is 0. The quantitative estimate of drug-likeness (QED) is 0.693. The van der Waals surface area contributed by atoms with Gasteiger partial charge < -0.3 is 20.3 Å². The van der Waals surface area contributed by atoms with Crippen LogP contribution < -0.4 is 15.4 Å². The van der Waals surface area contributed by atoms with Crippen LogP contribution in [0.5, 0.6) is 5.75 Å². The van der Waals surface area contributed by atoms with E-state index in [1.54, 1.807) is 29.2 Å². The Balaban J connectivity index is 1.52. The summed E-state index contributed by atoms with van der Waals surface area (Å²) in [5.74, 6) is -0.349. The highest BCUT2D eigenvalue weighted by atomic mass is 16.5. The summed E-state index contributed by atoms with van der Waals surface area (Å²) in [5, 5.41) is 5.06. The van der Waals surface area contributed by atoms with Gasteiger partial charge in [0.15, 0.2) is 0 Å². The van der Waals surface area contributed by atoms with Gasteiger partial charge in [-0.25, -0.2) is 4.79 Å². The fourth-order valence-electron chi connectivity index (χ4n) is 3.12. The molecule has 0 aromatic heterocycles. The Hall–Kier alpha value is -3.10. The first-order valence-electron chi connectivity index (χ1n) is 8.29. The highest BCUT2D eigenvalue weighted by Gasteiger charge is 2.39. The molecule has 3 rings (SSSR count). The summed E-state index contributed by atoms with van der Waals surface area (Å²) in [6, 6.07) is 5.90. The van der Waals surface area contributed by atoms with E-state index >= 15 is 0 Å². The number of imide groups is 1. The second-order valence-electron chi connectivity index (χ2n) is 6.12. The highest BCUT2D eigenvalue weighted by molar-refractivity contribution is 6.02. The zero-order chi connectivity index (χ0) is 18.7. The van der Waals surface area contributed by atoms with Gasteiger partial charge in [-0.2, -0.15) is 0 Å². The number of methoxy groups -OCH3 is 1. The maximum Gasteiger partial charge on any atom is 0.324 e. The van der Waals surface area contributed by atoms with E-state index in [0.29, 0.717) is 24.3 Å². The molecule has 138 valence electrons. The van der Waals surface area contributed by atoms with Gasteiger partial charge >= 0.3 is 6.03 Å². The molecule has 0 spiro atoms. The van der Waals surface area contributed by atoms with Gasteiger partial charge in [-0.15, -0.1) is 0 Å². The maximum absolute atomic E-state index is 12.3. The van der Waals surface area contributed by atoms with Gasteiger partial charge in [0.1, 0.15) is 5.75 Å². The Labute approximate surface area is 150 Å². The van der Waals surface area contributed by atoms with Crippen LogP contribution in [-0.4, -0.2) is 72.9 Å². The maximum atomic E-state index is 12.3. The molecular weight excluding hydrogens is 340 g/mol. The number of benzene rings is 1. The van der Waals surface area contributed by atoms with Crippen molar-refractivity contribution in [2.45, 2.75) is 12.5 Å². The van der Waals surface area contributed by atoms with Crippen molar-refractivity contribution in [1.82, 2.24) is 20.4 Å². The molecule has 1 aromatic carbocycles. The minimum absolute atomic E-state index is 0.000124. The van der Waals surface area contributed by atoms with Crippen molar-refractivity contribution in [2.75, 3.05) is 33.3 Å². The van der Waals surface area contributed by atoms with E-state index in [0.717, 1.165) is 0 Å². The van der Waals surface area contributed by atoms with E-state index in [2.05, 4.69) is 10.6 Å². The monoisotopic (exact) mass is 360 g/mol. The van der Waals surface area contributed by atoms with Gasteiger partial charge in [0, 0.05) is 18.7 Å². The number of carbonyl (C=O) groups is 4. The minimum atomic E-state index is -0.416. The first-order valence-corrected chi connectivity index (χ1v) is 8.29. The van der Waals surface area contributed by atoms with Crippen molar-refractivity contribution < 1.29 is 23.9 Å². The average molecular weight is 360 g/mol. The SMILES string of the molecule is COc1cccc(C(=O)NCC(=O)N2CCC(N3C(=O)CNC3=O)C2)c1. The van der Waals surface area contributed by atoms with Crippen LogP contribution in [0.3, 0.4) is 0 Å². The second-order valence-corrected chi connectivity index (χ2v) is 6.12. The van der Waals surface area contributed by atoms with Gasteiger partial charge in [0.2, 0.25) is 11.8 Å². The van der Waals surface area contributed by atoms with E-state index in [1.807, 2.05) is 0 Å². The number of nitrogens with one attached hydrogen (secondary N) is 2. The van der Waals surface area contributed by atoms with Crippen molar-refractivity contribution in [3.8, 4) is 5.75 Å². The Morgan fingerprint density at radius 3 is 2.85 bits per heavy atom. The molecule has 26 heavy (non-hydrogen) atoms. The molecule has 0 bridgehead atoms. The van der Waals surface area contributed by atoms with Gasteiger partial charge in [0.05, 0.1) is 26.2 Å². The molecule has 0 saturated carbocycles. The minimum Gasteiger partial charge on any atom is -0.497 e. The molecule has 1 aromatic rings. The van der Waals surface area contributed by atoms with Crippen LogP contribution in [0.25, 0.3) is 0 Å². The summed E-state index contributed by atoms with van der Waals surface area (Å²) in [6.45, 7) is 0.575. The van der Waals surface area contributed by atoms with Crippen LogP contribution in [0.2, 0.25) is 0 Å². The van der Waals surface area contributed by atoms with E-state index in [9.17, 15) is 19.2 Å². The highest BCUT2D eigenvalue weighted by Crippen LogP contribution is 2.18. The lowest BCUT2D eigenvalue weighted by Gasteiger charge is -2.21. The van der Waals surface area contributed by atoms with E-state index in [-0.39, 0.29) is 43.4 Å². The van der Waals surface area contributed by atoms with Crippen LogP contribution in [0.1, 0.15) is 16.8 Å². The van der Waals surface area contributed by atoms with Gasteiger partial charge in [-0.05, 0) is 24.6 Å². The molecular formula is C17H20N4O5. The molecule has 2 heterocycles. The topological polar surface area (TPSA) is 108 Å². The number of rotatable bonds is 5. The lowest BCUT2D eigenvalue weighted by Crippen LogP contribution is -2.44. The van der Waals surface area contributed by atoms with Crippen LogP contribution in [0.4, 0.5) is 4.79 Å². The summed E-state index contributed by atoms with van der Waals surface area (Å²) in [4.78, 5) is 50.6. The lowest BCUT2D eigenvalue weighted by molar-refractivity contribution is -0.130. The Morgan fingerprint density at radius 1 is 1.35 bits per heavy atom. The molecule has 2 aliphatic rings. The summed E-state index contributed by atoms with van der Waals surface area (Å²) < 4.78 is 5.07. The van der Waals surface area contributed by atoms with E-state index in [4.69, 9.17) is 4.74 Å². The first-order chi connectivity index (χ1) is 12.5. The van der Waals surface area contributed by atoms with Crippen molar-refractivity contribution in [1.29, 1.82) is 0 Å². The fraction of sp³-hybridized carbons (Fsp3) is 0.412. The number of ether oxygens (including phenoxy) is 1. The number of urea groups is 1. The largest absolute Gasteiger partial charge is 0.497 e. The first kappa shape index (κ1) is 17.7. The third-order valence-corrected chi connectivity index (χ3v) is 4.49. The van der Waals surface area contributed by atoms with Crippen molar-refractivity contribution in [3.63, 3.8) is 0 Å². The van der Waals surface area contributed by atoms with Crippen LogP contribution in [0, 0.1) is 0 Å². The molecule has 5 amide bonds. The number of carbonyl (C=O) groups excluding carboxylic acids is 4. The van der Waals surface area contributed by atoms with Gasteiger partial charge in [-0.3, -0.25) is 19.3 Å². The third kappa shape index (κ3) is 3.61. The standard InChI is InChI=1S/C17H20N4O5/c1-26-13-4-2-3-11(7-13)16(24)18-8-14(22)20-6-5-12(10-20)21-15(23)9-19-17(21)25/h2-4,7,12H,5-6,8-10H2,1H3,(H,18,24)(H,19,25). The third-order valence-electron chi connectivity index (χ3n) is 4.49. The van der Waals surface area contributed by atoms with Gasteiger partial charge in [0.25, 0.3) is 5.91 Å². The average Bonchev–Trinajstić information content (AvgIpc) is 3.26. The zero-order valence-corrected chi connectivity index (χ0v) is 14.4. The molecule has 1 unspecified atom stereocenters.